The Labute approximate surface area is 165 Å². The first-order valence-electron chi connectivity index (χ1n) is 8.44. The van der Waals surface area contributed by atoms with E-state index in [1.165, 1.54) is 16.2 Å². The van der Waals surface area contributed by atoms with E-state index in [1.807, 2.05) is 17.0 Å². The van der Waals surface area contributed by atoms with Crippen LogP contribution in [0.2, 0.25) is 4.34 Å². The van der Waals surface area contributed by atoms with Gasteiger partial charge in [0, 0.05) is 24.0 Å². The van der Waals surface area contributed by atoms with Gasteiger partial charge in [-0.1, -0.05) is 17.7 Å². The maximum absolute atomic E-state index is 12.6. The van der Waals surface area contributed by atoms with Crippen LogP contribution in [0, 0.1) is 0 Å². The number of carbonyl (C=O) groups excluding carboxylic acids is 2. The van der Waals surface area contributed by atoms with Crippen molar-refractivity contribution in [1.29, 1.82) is 0 Å². The maximum Gasteiger partial charge on any atom is 0.300 e. The molecular formula is C19H17ClN2O4S. The molecule has 27 heavy (non-hydrogen) atoms. The first-order valence-corrected chi connectivity index (χ1v) is 9.63. The van der Waals surface area contributed by atoms with Gasteiger partial charge in [0.05, 0.1) is 22.3 Å². The van der Waals surface area contributed by atoms with Crippen LogP contribution in [0.3, 0.4) is 0 Å². The third-order valence-electron chi connectivity index (χ3n) is 4.37. The fourth-order valence-corrected chi connectivity index (χ4v) is 4.31. The fourth-order valence-electron chi connectivity index (χ4n) is 3.18. The van der Waals surface area contributed by atoms with Gasteiger partial charge in [-0.2, -0.15) is 0 Å². The largest absolute Gasteiger partial charge is 0.486 e. The number of anilines is 1. The number of amides is 1. The van der Waals surface area contributed by atoms with Crippen LogP contribution in [0.4, 0.5) is 5.69 Å². The second kappa shape index (κ2) is 7.34. The Balaban J connectivity index is 1.62. The standard InChI is InChI=1S/C19H17ClN2O4S/c1-2-5-21(10-12-3-4-17(20)27-12)11-22-14-9-16-15(25-6-7-26-16)8-13(14)18(23)19(22)24/h2-4,8-9H,1,5-7,10-11H2. The molecule has 1 aromatic carbocycles. The van der Waals surface area contributed by atoms with E-state index in [-0.39, 0.29) is 6.67 Å². The number of rotatable bonds is 6. The van der Waals surface area contributed by atoms with Crippen molar-refractivity contribution in [2.75, 3.05) is 31.3 Å². The second-order valence-electron chi connectivity index (χ2n) is 6.22. The molecule has 0 saturated heterocycles. The quantitative estimate of drug-likeness (QED) is 0.546. The Bertz CT molecular complexity index is 926. The summed E-state index contributed by atoms with van der Waals surface area (Å²) in [5.74, 6) is -0.0303. The lowest BCUT2D eigenvalue weighted by molar-refractivity contribution is -0.114. The highest BCUT2D eigenvalue weighted by atomic mass is 35.5. The van der Waals surface area contributed by atoms with Gasteiger partial charge in [-0.05, 0) is 18.2 Å². The predicted molar refractivity (Wildman–Crippen MR) is 104 cm³/mol. The van der Waals surface area contributed by atoms with Crippen LogP contribution >= 0.6 is 22.9 Å². The smallest absolute Gasteiger partial charge is 0.300 e. The van der Waals surface area contributed by atoms with Crippen molar-refractivity contribution in [2.24, 2.45) is 0 Å². The zero-order chi connectivity index (χ0) is 19.0. The van der Waals surface area contributed by atoms with Crippen molar-refractivity contribution in [3.63, 3.8) is 0 Å². The van der Waals surface area contributed by atoms with Gasteiger partial charge in [0.15, 0.2) is 11.5 Å². The molecule has 0 aliphatic carbocycles. The molecule has 4 rings (SSSR count). The SMILES string of the molecule is C=CCN(Cc1ccc(Cl)s1)CN1C(=O)C(=O)c2cc3c(cc21)OCCO3. The van der Waals surface area contributed by atoms with Crippen molar-refractivity contribution in [3.05, 3.63) is 51.7 Å². The van der Waals surface area contributed by atoms with Crippen LogP contribution in [-0.2, 0) is 11.3 Å². The monoisotopic (exact) mass is 404 g/mol. The summed E-state index contributed by atoms with van der Waals surface area (Å²) in [4.78, 5) is 29.6. The molecule has 0 saturated carbocycles. The summed E-state index contributed by atoms with van der Waals surface area (Å²) in [6.07, 6.45) is 1.77. The predicted octanol–water partition coefficient (Wildman–Crippen LogP) is 3.35. The van der Waals surface area contributed by atoms with Gasteiger partial charge in [-0.25, -0.2) is 0 Å². The van der Waals surface area contributed by atoms with E-state index in [0.717, 1.165) is 4.88 Å². The molecule has 0 N–H and O–H groups in total. The van der Waals surface area contributed by atoms with Crippen LogP contribution in [0.25, 0.3) is 0 Å². The molecule has 1 aromatic heterocycles. The average Bonchev–Trinajstić information content (AvgIpc) is 3.17. The average molecular weight is 405 g/mol. The number of benzene rings is 1. The van der Waals surface area contributed by atoms with Gasteiger partial charge in [-0.3, -0.25) is 19.4 Å². The minimum absolute atomic E-state index is 0.263. The van der Waals surface area contributed by atoms with Gasteiger partial charge in [0.25, 0.3) is 5.78 Å². The maximum atomic E-state index is 12.6. The molecule has 0 spiro atoms. The van der Waals surface area contributed by atoms with Crippen LogP contribution in [0.5, 0.6) is 11.5 Å². The Morgan fingerprint density at radius 2 is 1.96 bits per heavy atom. The second-order valence-corrected chi connectivity index (χ2v) is 8.02. The van der Waals surface area contributed by atoms with Gasteiger partial charge >= 0.3 is 5.91 Å². The summed E-state index contributed by atoms with van der Waals surface area (Å²) in [6, 6.07) is 7.11. The van der Waals surface area contributed by atoms with Gasteiger partial charge in [0.1, 0.15) is 13.2 Å². The van der Waals surface area contributed by atoms with Crippen molar-refractivity contribution >= 4 is 40.3 Å². The molecule has 3 heterocycles. The highest BCUT2D eigenvalue weighted by molar-refractivity contribution is 7.16. The molecule has 2 aromatic rings. The number of Topliss-reactive ketones (excluding diaryl/α,β-unsaturated/α-hetero) is 1. The molecule has 2 aliphatic heterocycles. The number of halogens is 1. The molecule has 140 valence electrons. The Morgan fingerprint density at radius 3 is 2.63 bits per heavy atom. The number of ether oxygens (including phenoxy) is 2. The fraction of sp³-hybridized carbons (Fsp3) is 0.263. The molecular weight excluding hydrogens is 388 g/mol. The summed E-state index contributed by atoms with van der Waals surface area (Å²) in [7, 11) is 0. The topological polar surface area (TPSA) is 59.1 Å². The van der Waals surface area contributed by atoms with E-state index in [9.17, 15) is 9.59 Å². The number of fused-ring (bicyclic) bond motifs is 2. The number of hydrogen-bond donors (Lipinski definition) is 0. The van der Waals surface area contributed by atoms with E-state index in [0.29, 0.717) is 53.4 Å². The van der Waals surface area contributed by atoms with E-state index >= 15 is 0 Å². The van der Waals surface area contributed by atoms with E-state index in [1.54, 1.807) is 18.2 Å². The third-order valence-corrected chi connectivity index (χ3v) is 5.59. The first kappa shape index (κ1) is 18.0. The lowest BCUT2D eigenvalue weighted by Gasteiger charge is -2.27. The van der Waals surface area contributed by atoms with Crippen LogP contribution in [0.1, 0.15) is 15.2 Å². The summed E-state index contributed by atoms with van der Waals surface area (Å²) >= 11 is 7.50. The molecule has 0 fully saturated rings. The minimum atomic E-state index is -0.550. The minimum Gasteiger partial charge on any atom is -0.486 e. The van der Waals surface area contributed by atoms with Gasteiger partial charge in [0.2, 0.25) is 0 Å². The zero-order valence-corrected chi connectivity index (χ0v) is 16.0. The molecule has 0 unspecified atom stereocenters. The molecule has 0 radical (unpaired) electrons. The van der Waals surface area contributed by atoms with Crippen LogP contribution in [0.15, 0.2) is 36.9 Å². The van der Waals surface area contributed by atoms with Gasteiger partial charge in [-0.15, -0.1) is 17.9 Å². The first-order chi connectivity index (χ1) is 13.1. The Kier molecular flexibility index (Phi) is 4.90. The van der Waals surface area contributed by atoms with Crippen molar-refractivity contribution in [2.45, 2.75) is 6.54 Å². The summed E-state index contributed by atoms with van der Waals surface area (Å²) in [6.45, 7) is 6.08. The highest BCUT2D eigenvalue weighted by Crippen LogP contribution is 2.40. The number of ketones is 1. The molecule has 0 bridgehead atoms. The lowest BCUT2D eigenvalue weighted by Crippen LogP contribution is -2.40. The lowest BCUT2D eigenvalue weighted by atomic mass is 10.1. The molecule has 1 amide bonds. The molecule has 8 heteroatoms. The third kappa shape index (κ3) is 3.45. The molecule has 0 atom stereocenters. The highest BCUT2D eigenvalue weighted by Gasteiger charge is 2.38. The summed E-state index contributed by atoms with van der Waals surface area (Å²) in [5, 5.41) is 0. The number of hydrogen-bond acceptors (Lipinski definition) is 6. The molecule has 2 aliphatic rings. The number of carbonyl (C=O) groups is 2. The Morgan fingerprint density at radius 1 is 1.22 bits per heavy atom. The van der Waals surface area contributed by atoms with Crippen molar-refractivity contribution < 1.29 is 19.1 Å². The normalized spacial score (nSPS) is 15.4. The van der Waals surface area contributed by atoms with E-state index in [2.05, 4.69) is 6.58 Å². The van der Waals surface area contributed by atoms with Crippen molar-refractivity contribution in [1.82, 2.24) is 4.90 Å². The number of thiophene rings is 1. The number of nitrogens with zero attached hydrogens (tertiary/aromatic N) is 2. The summed E-state index contributed by atoms with van der Waals surface area (Å²) in [5.41, 5.74) is 0.898. The van der Waals surface area contributed by atoms with Crippen LogP contribution < -0.4 is 14.4 Å². The molecule has 6 nitrogen and oxygen atoms in total. The zero-order valence-electron chi connectivity index (χ0n) is 14.4. The van der Waals surface area contributed by atoms with E-state index in [4.69, 9.17) is 21.1 Å². The van der Waals surface area contributed by atoms with Crippen LogP contribution in [-0.4, -0.2) is 43.0 Å². The Hall–Kier alpha value is -2.35. The van der Waals surface area contributed by atoms with E-state index < -0.39 is 11.7 Å². The summed E-state index contributed by atoms with van der Waals surface area (Å²) < 4.78 is 11.8. The van der Waals surface area contributed by atoms with Gasteiger partial charge < -0.3 is 9.47 Å². The van der Waals surface area contributed by atoms with Crippen molar-refractivity contribution in [3.8, 4) is 11.5 Å².